The smallest absolute Gasteiger partial charge is 0.0992 e. The van der Waals surface area contributed by atoms with E-state index >= 15 is 0 Å². The zero-order valence-corrected chi connectivity index (χ0v) is 9.34. The Morgan fingerprint density at radius 3 is 2.93 bits per heavy atom. The number of nitriles is 1. The van der Waals surface area contributed by atoms with Gasteiger partial charge in [0.1, 0.15) is 0 Å². The Bertz CT molecular complexity index is 360. The molecule has 4 heteroatoms. The van der Waals surface area contributed by atoms with Crippen molar-refractivity contribution < 1.29 is 4.74 Å². The molecule has 0 aliphatic heterocycles. The van der Waals surface area contributed by atoms with Gasteiger partial charge in [-0.25, -0.2) is 0 Å². The van der Waals surface area contributed by atoms with Gasteiger partial charge in [-0.1, -0.05) is 17.7 Å². The van der Waals surface area contributed by atoms with Crippen molar-refractivity contribution in [2.45, 2.75) is 6.54 Å². The lowest BCUT2D eigenvalue weighted by molar-refractivity contribution is 0.199. The zero-order valence-electron chi connectivity index (χ0n) is 8.59. The first-order valence-electron chi connectivity index (χ1n) is 4.66. The van der Waals surface area contributed by atoms with E-state index in [2.05, 4.69) is 5.32 Å². The number of hydrogen-bond donors (Lipinski definition) is 1. The van der Waals surface area contributed by atoms with Crippen LogP contribution in [0.3, 0.4) is 0 Å². The molecular weight excluding hydrogens is 212 g/mol. The topological polar surface area (TPSA) is 45.0 Å². The molecule has 1 rings (SSSR count). The van der Waals surface area contributed by atoms with Crippen molar-refractivity contribution in [1.29, 1.82) is 5.26 Å². The van der Waals surface area contributed by atoms with Crippen molar-refractivity contribution in [3.05, 3.63) is 34.3 Å². The van der Waals surface area contributed by atoms with E-state index in [1.165, 1.54) is 0 Å². The second kappa shape index (κ2) is 6.41. The molecule has 3 nitrogen and oxygen atoms in total. The van der Waals surface area contributed by atoms with Gasteiger partial charge in [0.15, 0.2) is 0 Å². The van der Waals surface area contributed by atoms with Gasteiger partial charge < -0.3 is 10.1 Å². The molecule has 0 unspecified atom stereocenters. The van der Waals surface area contributed by atoms with Crippen LogP contribution in [0.15, 0.2) is 18.2 Å². The Morgan fingerprint density at radius 1 is 1.53 bits per heavy atom. The zero-order chi connectivity index (χ0) is 11.1. The number of benzene rings is 1. The molecule has 1 aromatic carbocycles. The Balaban J connectivity index is 2.52. The van der Waals surface area contributed by atoms with E-state index in [4.69, 9.17) is 21.6 Å². The number of methoxy groups -OCH3 is 1. The summed E-state index contributed by atoms with van der Waals surface area (Å²) in [5.41, 5.74) is 1.58. The lowest BCUT2D eigenvalue weighted by Gasteiger charge is -2.06. The molecule has 0 amide bonds. The fourth-order valence-electron chi connectivity index (χ4n) is 1.16. The SMILES string of the molecule is COCCNCc1ccc(C#N)cc1Cl. The highest BCUT2D eigenvalue weighted by Crippen LogP contribution is 2.17. The first-order chi connectivity index (χ1) is 7.27. The standard InChI is InChI=1S/C11H13ClN2O/c1-15-5-4-14-8-10-3-2-9(7-13)6-11(10)12/h2-3,6,14H,4-5,8H2,1H3. The quantitative estimate of drug-likeness (QED) is 0.778. The molecule has 80 valence electrons. The number of nitrogens with zero attached hydrogens (tertiary/aromatic N) is 1. The Kier molecular flexibility index (Phi) is 5.13. The van der Waals surface area contributed by atoms with E-state index < -0.39 is 0 Å². The number of nitrogens with one attached hydrogen (secondary N) is 1. The average molecular weight is 225 g/mol. The van der Waals surface area contributed by atoms with Crippen molar-refractivity contribution in [3.63, 3.8) is 0 Å². The summed E-state index contributed by atoms with van der Waals surface area (Å²) in [7, 11) is 1.66. The monoisotopic (exact) mass is 224 g/mol. The molecule has 1 N–H and O–H groups in total. The molecule has 15 heavy (non-hydrogen) atoms. The number of ether oxygens (including phenoxy) is 1. The van der Waals surface area contributed by atoms with Crippen LogP contribution in [-0.4, -0.2) is 20.3 Å². The molecule has 1 aromatic rings. The second-order valence-electron chi connectivity index (χ2n) is 3.09. The van der Waals surface area contributed by atoms with Crippen LogP contribution in [0.2, 0.25) is 5.02 Å². The van der Waals surface area contributed by atoms with Crippen LogP contribution < -0.4 is 5.32 Å². The van der Waals surface area contributed by atoms with Crippen LogP contribution in [0.25, 0.3) is 0 Å². The van der Waals surface area contributed by atoms with Gasteiger partial charge in [0, 0.05) is 25.2 Å². The molecule has 0 heterocycles. The van der Waals surface area contributed by atoms with E-state index in [1.54, 1.807) is 19.2 Å². The number of hydrogen-bond acceptors (Lipinski definition) is 3. The van der Waals surface area contributed by atoms with Crippen molar-refractivity contribution in [3.8, 4) is 6.07 Å². The molecule has 0 atom stereocenters. The van der Waals surface area contributed by atoms with Gasteiger partial charge in [0.25, 0.3) is 0 Å². The minimum atomic E-state index is 0.584. The van der Waals surface area contributed by atoms with Crippen molar-refractivity contribution in [1.82, 2.24) is 5.32 Å². The maximum Gasteiger partial charge on any atom is 0.0992 e. The predicted molar refractivity (Wildman–Crippen MR) is 59.7 cm³/mol. The van der Waals surface area contributed by atoms with Crippen LogP contribution in [0.5, 0.6) is 0 Å². The van der Waals surface area contributed by atoms with Crippen LogP contribution in [0.4, 0.5) is 0 Å². The molecular formula is C11H13ClN2O. The average Bonchev–Trinajstić information content (AvgIpc) is 2.26. The molecule has 0 radical (unpaired) electrons. The molecule has 0 aliphatic rings. The predicted octanol–water partition coefficient (Wildman–Crippen LogP) is 1.95. The fourth-order valence-corrected chi connectivity index (χ4v) is 1.40. The van der Waals surface area contributed by atoms with Gasteiger partial charge in [-0.15, -0.1) is 0 Å². The normalized spacial score (nSPS) is 9.93. The first-order valence-corrected chi connectivity index (χ1v) is 5.04. The van der Waals surface area contributed by atoms with Gasteiger partial charge in [0.2, 0.25) is 0 Å². The van der Waals surface area contributed by atoms with Gasteiger partial charge in [0.05, 0.1) is 18.2 Å². The lowest BCUT2D eigenvalue weighted by Crippen LogP contribution is -2.18. The Labute approximate surface area is 94.6 Å². The van der Waals surface area contributed by atoms with E-state index in [9.17, 15) is 0 Å². The summed E-state index contributed by atoms with van der Waals surface area (Å²) in [5, 5.41) is 12.5. The van der Waals surface area contributed by atoms with E-state index in [0.29, 0.717) is 23.7 Å². The van der Waals surface area contributed by atoms with E-state index in [-0.39, 0.29) is 0 Å². The third-order valence-corrected chi connectivity index (χ3v) is 2.33. The first kappa shape index (κ1) is 12.0. The number of rotatable bonds is 5. The number of halogens is 1. The van der Waals surface area contributed by atoms with Crippen LogP contribution in [0.1, 0.15) is 11.1 Å². The molecule has 0 saturated carbocycles. The highest BCUT2D eigenvalue weighted by molar-refractivity contribution is 6.31. The summed E-state index contributed by atoms with van der Waals surface area (Å²) in [6, 6.07) is 7.35. The summed E-state index contributed by atoms with van der Waals surface area (Å²) >= 11 is 6.00. The molecule has 0 aromatic heterocycles. The third-order valence-electron chi connectivity index (χ3n) is 1.98. The maximum absolute atomic E-state index is 8.66. The molecule has 0 spiro atoms. The Morgan fingerprint density at radius 2 is 2.33 bits per heavy atom. The highest BCUT2D eigenvalue weighted by atomic mass is 35.5. The third kappa shape index (κ3) is 3.88. The van der Waals surface area contributed by atoms with Crippen LogP contribution in [0, 0.1) is 11.3 Å². The summed E-state index contributed by atoms with van der Waals surface area (Å²) in [6.07, 6.45) is 0. The van der Waals surface area contributed by atoms with Gasteiger partial charge in [-0.05, 0) is 17.7 Å². The second-order valence-corrected chi connectivity index (χ2v) is 3.49. The summed E-state index contributed by atoms with van der Waals surface area (Å²) in [4.78, 5) is 0. The molecule has 0 fully saturated rings. The summed E-state index contributed by atoms with van der Waals surface area (Å²) in [6.45, 7) is 2.15. The van der Waals surface area contributed by atoms with Gasteiger partial charge in [-0.2, -0.15) is 5.26 Å². The fraction of sp³-hybridized carbons (Fsp3) is 0.364. The summed E-state index contributed by atoms with van der Waals surface area (Å²) in [5.74, 6) is 0. The Hall–Kier alpha value is -1.08. The summed E-state index contributed by atoms with van der Waals surface area (Å²) < 4.78 is 4.91. The molecule has 0 bridgehead atoms. The van der Waals surface area contributed by atoms with Crippen LogP contribution in [-0.2, 0) is 11.3 Å². The van der Waals surface area contributed by atoms with Gasteiger partial charge >= 0.3 is 0 Å². The maximum atomic E-state index is 8.66. The van der Waals surface area contributed by atoms with E-state index in [0.717, 1.165) is 12.1 Å². The largest absolute Gasteiger partial charge is 0.383 e. The lowest BCUT2D eigenvalue weighted by atomic mass is 10.1. The van der Waals surface area contributed by atoms with Gasteiger partial charge in [-0.3, -0.25) is 0 Å². The highest BCUT2D eigenvalue weighted by Gasteiger charge is 2.00. The van der Waals surface area contributed by atoms with Crippen molar-refractivity contribution in [2.24, 2.45) is 0 Å². The minimum Gasteiger partial charge on any atom is -0.383 e. The van der Waals surface area contributed by atoms with Crippen LogP contribution >= 0.6 is 11.6 Å². The molecule has 0 aliphatic carbocycles. The van der Waals surface area contributed by atoms with Crippen molar-refractivity contribution in [2.75, 3.05) is 20.3 Å². The van der Waals surface area contributed by atoms with E-state index in [1.807, 2.05) is 12.1 Å². The molecule has 0 saturated heterocycles. The minimum absolute atomic E-state index is 0.584. The van der Waals surface area contributed by atoms with Crippen molar-refractivity contribution >= 4 is 11.6 Å².